The lowest BCUT2D eigenvalue weighted by Crippen LogP contribution is -2.29. The van der Waals surface area contributed by atoms with Crippen molar-refractivity contribution < 1.29 is 33.3 Å². The molecule has 1 atom stereocenters. The van der Waals surface area contributed by atoms with Gasteiger partial charge in [0.15, 0.2) is 0 Å². The fraction of sp³-hybridized carbons (Fsp3) is 0.214. The summed E-state index contributed by atoms with van der Waals surface area (Å²) >= 11 is 0. The Labute approximate surface area is 208 Å². The third-order valence-corrected chi connectivity index (χ3v) is 5.95. The molecule has 0 aromatic heterocycles. The Morgan fingerprint density at radius 2 is 1.72 bits per heavy atom. The number of hydrogen-bond donors (Lipinski definition) is 1. The van der Waals surface area contributed by atoms with E-state index in [0.29, 0.717) is 23.7 Å². The van der Waals surface area contributed by atoms with Crippen LogP contribution in [0.25, 0.3) is 5.76 Å². The first-order valence-corrected chi connectivity index (χ1v) is 11.4. The highest BCUT2D eigenvalue weighted by Crippen LogP contribution is 2.42. The first kappa shape index (κ1) is 24.8. The molecule has 4 rings (SSSR count). The summed E-state index contributed by atoms with van der Waals surface area (Å²) in [5.41, 5.74) is 1.14. The Bertz CT molecular complexity index is 1320. The molecule has 36 heavy (non-hydrogen) atoms. The van der Waals surface area contributed by atoms with E-state index in [9.17, 15) is 19.1 Å². The second-order valence-electron chi connectivity index (χ2n) is 8.13. The highest BCUT2D eigenvalue weighted by atomic mass is 19.1. The van der Waals surface area contributed by atoms with Crippen molar-refractivity contribution in [2.45, 2.75) is 19.5 Å². The van der Waals surface area contributed by atoms with Gasteiger partial charge in [-0.05, 0) is 60.5 Å². The summed E-state index contributed by atoms with van der Waals surface area (Å²) in [7, 11) is 2.90. The van der Waals surface area contributed by atoms with Gasteiger partial charge in [-0.25, -0.2) is 4.39 Å². The number of ketones is 1. The molecule has 0 bridgehead atoms. The van der Waals surface area contributed by atoms with Crippen molar-refractivity contribution in [3.05, 3.63) is 94.8 Å². The van der Waals surface area contributed by atoms with Crippen LogP contribution in [0, 0.1) is 5.82 Å². The van der Waals surface area contributed by atoms with Gasteiger partial charge in [0.05, 0.1) is 38.0 Å². The summed E-state index contributed by atoms with van der Waals surface area (Å²) in [4.78, 5) is 27.9. The molecule has 1 saturated heterocycles. The number of methoxy groups -OCH3 is 2. The maximum Gasteiger partial charge on any atom is 0.295 e. The predicted molar refractivity (Wildman–Crippen MR) is 131 cm³/mol. The first-order valence-electron chi connectivity index (χ1n) is 11.4. The summed E-state index contributed by atoms with van der Waals surface area (Å²) in [5, 5.41) is 11.3. The number of likely N-dealkylation sites (tertiary alicyclic amines) is 1. The Balaban J connectivity index is 1.86. The van der Waals surface area contributed by atoms with Gasteiger partial charge < -0.3 is 24.2 Å². The van der Waals surface area contributed by atoms with Gasteiger partial charge in [0.2, 0.25) is 0 Å². The lowest BCUT2D eigenvalue weighted by Gasteiger charge is -2.26. The Morgan fingerprint density at radius 1 is 0.972 bits per heavy atom. The Morgan fingerprint density at radius 3 is 2.39 bits per heavy atom. The summed E-state index contributed by atoms with van der Waals surface area (Å²) in [6.45, 7) is 2.43. The quantitative estimate of drug-likeness (QED) is 0.275. The third kappa shape index (κ3) is 4.75. The predicted octanol–water partition coefficient (Wildman–Crippen LogP) is 4.86. The van der Waals surface area contributed by atoms with E-state index in [1.165, 1.54) is 31.3 Å². The van der Waals surface area contributed by atoms with Crippen LogP contribution < -0.4 is 14.2 Å². The molecule has 1 heterocycles. The number of aliphatic hydroxyl groups excluding tert-OH is 1. The van der Waals surface area contributed by atoms with Gasteiger partial charge in [-0.2, -0.15) is 0 Å². The van der Waals surface area contributed by atoms with E-state index in [1.54, 1.807) is 42.5 Å². The molecule has 1 unspecified atom stereocenters. The van der Waals surface area contributed by atoms with Crippen molar-refractivity contribution in [1.29, 1.82) is 0 Å². The minimum atomic E-state index is -0.931. The van der Waals surface area contributed by atoms with E-state index in [1.807, 2.05) is 13.0 Å². The molecule has 0 saturated carbocycles. The van der Waals surface area contributed by atoms with Gasteiger partial charge in [0.25, 0.3) is 11.7 Å². The maximum atomic E-state index is 14.1. The summed E-state index contributed by atoms with van der Waals surface area (Å²) in [5.74, 6) is -1.41. The molecule has 1 N–H and O–H groups in total. The molecular formula is C28H26FNO6. The molecule has 3 aromatic rings. The highest BCUT2D eigenvalue weighted by molar-refractivity contribution is 6.46. The number of carbonyl (C=O) groups excluding carboxylic acids is 2. The second-order valence-corrected chi connectivity index (χ2v) is 8.13. The molecular weight excluding hydrogens is 465 g/mol. The third-order valence-electron chi connectivity index (χ3n) is 5.95. The molecule has 1 aliphatic rings. The number of benzene rings is 3. The molecule has 1 amide bonds. The monoisotopic (exact) mass is 491 g/mol. The van der Waals surface area contributed by atoms with Crippen LogP contribution in [0.4, 0.5) is 4.39 Å². The number of hydrogen-bond acceptors (Lipinski definition) is 6. The van der Waals surface area contributed by atoms with Gasteiger partial charge in [-0.15, -0.1) is 0 Å². The molecule has 186 valence electrons. The zero-order valence-corrected chi connectivity index (χ0v) is 20.2. The van der Waals surface area contributed by atoms with Crippen LogP contribution >= 0.6 is 0 Å². The number of ether oxygens (including phenoxy) is 3. The fourth-order valence-electron chi connectivity index (χ4n) is 4.28. The average molecular weight is 492 g/mol. The SMILES string of the molecule is CCOc1cccc(CN2C(=O)C(=O)/C(=C(/O)c3cc(F)ccc3OC)C2c2ccc(OC)cc2)c1. The summed E-state index contributed by atoms with van der Waals surface area (Å²) < 4.78 is 30.2. The number of aliphatic hydroxyl groups is 1. The van der Waals surface area contributed by atoms with Gasteiger partial charge in [-0.1, -0.05) is 24.3 Å². The lowest BCUT2D eigenvalue weighted by molar-refractivity contribution is -0.140. The zero-order chi connectivity index (χ0) is 25.8. The molecule has 1 fully saturated rings. The van der Waals surface area contributed by atoms with Gasteiger partial charge >= 0.3 is 0 Å². The van der Waals surface area contributed by atoms with Crippen molar-refractivity contribution in [3.8, 4) is 17.2 Å². The van der Waals surface area contributed by atoms with Crippen LogP contribution in [-0.4, -0.2) is 42.5 Å². The summed E-state index contributed by atoms with van der Waals surface area (Å²) in [6.07, 6.45) is 0. The largest absolute Gasteiger partial charge is 0.507 e. The van der Waals surface area contributed by atoms with Crippen molar-refractivity contribution in [2.75, 3.05) is 20.8 Å². The molecule has 0 spiro atoms. The number of rotatable bonds is 8. The first-order chi connectivity index (χ1) is 17.4. The van der Waals surface area contributed by atoms with E-state index < -0.39 is 29.3 Å². The number of Topliss-reactive ketones (excluding diaryl/α,β-unsaturated/α-hetero) is 1. The molecule has 1 aliphatic heterocycles. The van der Waals surface area contributed by atoms with E-state index in [-0.39, 0.29) is 23.4 Å². The Kier molecular flexibility index (Phi) is 7.24. The van der Waals surface area contributed by atoms with E-state index >= 15 is 0 Å². The van der Waals surface area contributed by atoms with Crippen molar-refractivity contribution in [2.24, 2.45) is 0 Å². The van der Waals surface area contributed by atoms with Crippen molar-refractivity contribution in [1.82, 2.24) is 4.90 Å². The molecule has 0 aliphatic carbocycles. The molecule has 0 radical (unpaired) electrons. The van der Waals surface area contributed by atoms with Crippen LogP contribution in [-0.2, 0) is 16.1 Å². The van der Waals surface area contributed by atoms with Gasteiger partial charge in [0, 0.05) is 6.54 Å². The number of carbonyl (C=O) groups is 2. The average Bonchev–Trinajstić information content (AvgIpc) is 3.13. The van der Waals surface area contributed by atoms with Crippen LogP contribution in [0.3, 0.4) is 0 Å². The topological polar surface area (TPSA) is 85.3 Å². The van der Waals surface area contributed by atoms with Crippen molar-refractivity contribution >= 4 is 17.4 Å². The molecule has 3 aromatic carbocycles. The molecule has 8 heteroatoms. The van der Waals surface area contributed by atoms with E-state index in [0.717, 1.165) is 11.6 Å². The summed E-state index contributed by atoms with van der Waals surface area (Å²) in [6, 6.07) is 16.7. The number of nitrogens with zero attached hydrogens (tertiary/aromatic N) is 1. The van der Waals surface area contributed by atoms with E-state index in [4.69, 9.17) is 14.2 Å². The van der Waals surface area contributed by atoms with E-state index in [2.05, 4.69) is 0 Å². The zero-order valence-electron chi connectivity index (χ0n) is 20.2. The number of amides is 1. The normalized spacial score (nSPS) is 16.8. The number of halogens is 1. The van der Waals surface area contributed by atoms with Gasteiger partial charge in [0.1, 0.15) is 28.8 Å². The lowest BCUT2D eigenvalue weighted by atomic mass is 9.94. The van der Waals surface area contributed by atoms with Crippen LogP contribution in [0.1, 0.15) is 29.7 Å². The van der Waals surface area contributed by atoms with Crippen LogP contribution in [0.5, 0.6) is 17.2 Å². The highest BCUT2D eigenvalue weighted by Gasteiger charge is 2.46. The van der Waals surface area contributed by atoms with Gasteiger partial charge in [-0.3, -0.25) is 9.59 Å². The fourth-order valence-corrected chi connectivity index (χ4v) is 4.28. The maximum absolute atomic E-state index is 14.1. The minimum absolute atomic E-state index is 0.0210. The van der Waals surface area contributed by atoms with Crippen molar-refractivity contribution in [3.63, 3.8) is 0 Å². The Hall–Kier alpha value is -4.33. The molecule has 7 nitrogen and oxygen atoms in total. The second kappa shape index (κ2) is 10.5. The standard InChI is InChI=1S/C28H26FNO6/c1-4-36-21-7-5-6-17(14-21)16-30-25(18-8-11-20(34-2)12-9-18)24(27(32)28(30)33)26(31)22-15-19(29)10-13-23(22)35-3/h5-15,25,31H,4,16H2,1-3H3/b26-24+. The smallest absolute Gasteiger partial charge is 0.295 e. The minimum Gasteiger partial charge on any atom is -0.507 e. The van der Waals surface area contributed by atoms with Crippen LogP contribution in [0.15, 0.2) is 72.3 Å². The van der Waals surface area contributed by atoms with Crippen LogP contribution in [0.2, 0.25) is 0 Å².